The highest BCUT2D eigenvalue weighted by molar-refractivity contribution is 7.94. The molecule has 6 heteroatoms. The van der Waals surface area contributed by atoms with E-state index in [-0.39, 0.29) is 0 Å². The third-order valence-electron chi connectivity index (χ3n) is 2.67. The van der Waals surface area contributed by atoms with Crippen LogP contribution in [0, 0.1) is 0 Å². The summed E-state index contributed by atoms with van der Waals surface area (Å²) in [5, 5.41) is 0. The van der Waals surface area contributed by atoms with Crippen molar-refractivity contribution in [2.24, 2.45) is 5.73 Å². The van der Waals surface area contributed by atoms with E-state index in [0.717, 1.165) is 16.9 Å². The number of anilines is 1. The van der Waals surface area contributed by atoms with E-state index in [2.05, 4.69) is 4.72 Å². The lowest BCUT2D eigenvalue weighted by Gasteiger charge is -2.07. The van der Waals surface area contributed by atoms with Crippen LogP contribution in [0.1, 0.15) is 17.4 Å². The lowest BCUT2D eigenvalue weighted by atomic mass is 10.2. The van der Waals surface area contributed by atoms with Crippen molar-refractivity contribution in [1.82, 2.24) is 0 Å². The van der Waals surface area contributed by atoms with Gasteiger partial charge in [0.15, 0.2) is 0 Å². The van der Waals surface area contributed by atoms with Gasteiger partial charge >= 0.3 is 0 Å². The predicted octanol–water partition coefficient (Wildman–Crippen LogP) is 2.57. The summed E-state index contributed by atoms with van der Waals surface area (Å²) in [6.45, 7) is 2.38. The van der Waals surface area contributed by atoms with Crippen molar-refractivity contribution in [3.05, 3.63) is 46.8 Å². The highest BCUT2D eigenvalue weighted by Crippen LogP contribution is 2.24. The maximum atomic E-state index is 12.2. The molecule has 19 heavy (non-hydrogen) atoms. The van der Waals surface area contributed by atoms with Gasteiger partial charge in [0, 0.05) is 17.1 Å². The molecule has 0 fully saturated rings. The van der Waals surface area contributed by atoms with Gasteiger partial charge in [0.2, 0.25) is 0 Å². The average Bonchev–Trinajstić information content (AvgIpc) is 2.88. The Hall–Kier alpha value is -1.37. The van der Waals surface area contributed by atoms with Crippen molar-refractivity contribution in [2.45, 2.75) is 24.1 Å². The Morgan fingerprint density at radius 2 is 2.05 bits per heavy atom. The summed E-state index contributed by atoms with van der Waals surface area (Å²) < 4.78 is 27.3. The number of benzene rings is 1. The van der Waals surface area contributed by atoms with Crippen molar-refractivity contribution >= 4 is 27.0 Å². The second kappa shape index (κ2) is 5.73. The molecule has 2 aromatic rings. The van der Waals surface area contributed by atoms with Crippen molar-refractivity contribution < 1.29 is 8.42 Å². The number of rotatable bonds is 5. The minimum atomic E-state index is -3.50. The number of aryl methyl sites for hydroxylation is 1. The summed E-state index contributed by atoms with van der Waals surface area (Å²) in [7, 11) is -3.50. The molecule has 0 aliphatic rings. The van der Waals surface area contributed by atoms with Crippen molar-refractivity contribution in [1.29, 1.82) is 0 Å². The van der Waals surface area contributed by atoms with Crippen LogP contribution in [0.3, 0.4) is 0 Å². The molecular formula is C13H16N2O2S2. The molecule has 0 atom stereocenters. The van der Waals surface area contributed by atoms with E-state index in [1.165, 1.54) is 11.3 Å². The average molecular weight is 296 g/mol. The van der Waals surface area contributed by atoms with E-state index in [1.54, 1.807) is 24.3 Å². The fourth-order valence-corrected chi connectivity index (χ4v) is 4.00. The lowest BCUT2D eigenvalue weighted by molar-refractivity contribution is 0.603. The van der Waals surface area contributed by atoms with Gasteiger partial charge in [-0.3, -0.25) is 4.72 Å². The summed E-state index contributed by atoms with van der Waals surface area (Å²) in [5.41, 5.74) is 6.97. The van der Waals surface area contributed by atoms with Crippen LogP contribution in [0.5, 0.6) is 0 Å². The molecule has 0 amide bonds. The molecule has 0 saturated heterocycles. The SMILES string of the molecule is CCc1ccc(S(=O)(=O)Nc2cccc(CN)c2)s1. The maximum Gasteiger partial charge on any atom is 0.271 e. The quantitative estimate of drug-likeness (QED) is 0.890. The van der Waals surface area contributed by atoms with Gasteiger partial charge in [0.25, 0.3) is 10.0 Å². The van der Waals surface area contributed by atoms with Crippen molar-refractivity contribution in [3.8, 4) is 0 Å². The molecule has 0 bridgehead atoms. The van der Waals surface area contributed by atoms with Crippen LogP contribution in [0.2, 0.25) is 0 Å². The second-order valence-corrected chi connectivity index (χ2v) is 7.16. The Bertz CT molecular complexity index is 663. The first-order valence-corrected chi connectivity index (χ1v) is 8.25. The fraction of sp³-hybridized carbons (Fsp3) is 0.231. The number of hydrogen-bond donors (Lipinski definition) is 2. The molecule has 0 spiro atoms. The molecule has 1 aromatic carbocycles. The molecule has 1 heterocycles. The van der Waals surface area contributed by atoms with E-state index in [9.17, 15) is 8.42 Å². The van der Waals surface area contributed by atoms with Crippen LogP contribution in [0.4, 0.5) is 5.69 Å². The smallest absolute Gasteiger partial charge is 0.271 e. The fourth-order valence-electron chi connectivity index (χ4n) is 1.66. The Morgan fingerprint density at radius 3 is 2.68 bits per heavy atom. The molecule has 102 valence electrons. The highest BCUT2D eigenvalue weighted by Gasteiger charge is 2.16. The second-order valence-electron chi connectivity index (χ2n) is 4.08. The van der Waals surface area contributed by atoms with E-state index in [0.29, 0.717) is 16.4 Å². The van der Waals surface area contributed by atoms with E-state index in [4.69, 9.17) is 5.73 Å². The van der Waals surface area contributed by atoms with Gasteiger partial charge in [-0.1, -0.05) is 19.1 Å². The summed E-state index contributed by atoms with van der Waals surface area (Å²) >= 11 is 1.29. The van der Waals surface area contributed by atoms with Crippen molar-refractivity contribution in [3.63, 3.8) is 0 Å². The zero-order valence-corrected chi connectivity index (χ0v) is 12.2. The monoisotopic (exact) mass is 296 g/mol. The standard InChI is InChI=1S/C13H16N2O2S2/c1-2-12-6-7-13(18-12)19(16,17)15-11-5-3-4-10(8-11)9-14/h3-8,15H,2,9,14H2,1H3. The molecule has 3 N–H and O–H groups in total. The van der Waals surface area contributed by atoms with E-state index < -0.39 is 10.0 Å². The van der Waals surface area contributed by atoms with Crippen LogP contribution in [-0.2, 0) is 23.0 Å². The van der Waals surface area contributed by atoms with Crippen LogP contribution >= 0.6 is 11.3 Å². The van der Waals surface area contributed by atoms with Gasteiger partial charge in [-0.05, 0) is 36.2 Å². The number of nitrogens with one attached hydrogen (secondary N) is 1. The predicted molar refractivity (Wildman–Crippen MR) is 78.8 cm³/mol. The molecule has 2 rings (SSSR count). The van der Waals surface area contributed by atoms with Crippen LogP contribution < -0.4 is 10.5 Å². The Kier molecular flexibility index (Phi) is 4.24. The number of thiophene rings is 1. The highest BCUT2D eigenvalue weighted by atomic mass is 32.2. The Balaban J connectivity index is 2.25. The van der Waals surface area contributed by atoms with Gasteiger partial charge in [0.1, 0.15) is 4.21 Å². The third-order valence-corrected chi connectivity index (χ3v) is 5.77. The maximum absolute atomic E-state index is 12.2. The number of sulfonamides is 1. The number of nitrogens with two attached hydrogens (primary N) is 1. The Morgan fingerprint density at radius 1 is 1.26 bits per heavy atom. The molecule has 4 nitrogen and oxygen atoms in total. The first kappa shape index (κ1) is 14.0. The van der Waals surface area contributed by atoms with Crippen LogP contribution in [0.15, 0.2) is 40.6 Å². The summed E-state index contributed by atoms with van der Waals surface area (Å²) in [6, 6.07) is 10.6. The van der Waals surface area contributed by atoms with Gasteiger partial charge < -0.3 is 5.73 Å². The van der Waals surface area contributed by atoms with Gasteiger partial charge in [-0.15, -0.1) is 11.3 Å². The Labute approximate surface area is 117 Å². The van der Waals surface area contributed by atoms with Crippen LogP contribution in [-0.4, -0.2) is 8.42 Å². The van der Waals surface area contributed by atoms with Gasteiger partial charge in [-0.2, -0.15) is 0 Å². The minimum Gasteiger partial charge on any atom is -0.326 e. The molecular weight excluding hydrogens is 280 g/mol. The first-order valence-electron chi connectivity index (χ1n) is 5.95. The van der Waals surface area contributed by atoms with Gasteiger partial charge in [-0.25, -0.2) is 8.42 Å². The van der Waals surface area contributed by atoms with E-state index in [1.807, 2.05) is 19.1 Å². The van der Waals surface area contributed by atoms with Gasteiger partial charge in [0.05, 0.1) is 0 Å². The minimum absolute atomic E-state index is 0.336. The van der Waals surface area contributed by atoms with Crippen molar-refractivity contribution in [2.75, 3.05) is 4.72 Å². The summed E-state index contributed by atoms with van der Waals surface area (Å²) in [6.07, 6.45) is 0.836. The zero-order chi connectivity index (χ0) is 13.9. The largest absolute Gasteiger partial charge is 0.326 e. The third kappa shape index (κ3) is 3.34. The molecule has 0 saturated carbocycles. The lowest BCUT2D eigenvalue weighted by Crippen LogP contribution is -2.11. The molecule has 1 aromatic heterocycles. The number of hydrogen-bond acceptors (Lipinski definition) is 4. The zero-order valence-electron chi connectivity index (χ0n) is 10.6. The normalized spacial score (nSPS) is 11.5. The molecule has 0 aliphatic heterocycles. The summed E-state index contributed by atoms with van der Waals surface area (Å²) in [5.74, 6) is 0. The molecule has 0 aliphatic carbocycles. The molecule has 0 radical (unpaired) electrons. The van der Waals surface area contributed by atoms with E-state index >= 15 is 0 Å². The molecule has 0 unspecified atom stereocenters. The topological polar surface area (TPSA) is 72.2 Å². The van der Waals surface area contributed by atoms with Crippen LogP contribution in [0.25, 0.3) is 0 Å². The summed E-state index contributed by atoms with van der Waals surface area (Å²) in [4.78, 5) is 1.05. The first-order chi connectivity index (χ1) is 9.05.